The third-order valence-electron chi connectivity index (χ3n) is 3.98. The number of rotatable bonds is 7. The minimum absolute atomic E-state index is 0.0550. The average molecular weight is 255 g/mol. The minimum atomic E-state index is -0.0550. The maximum Gasteiger partial charge on any atom is 0.239 e. The van der Waals surface area contributed by atoms with Crippen molar-refractivity contribution in [1.82, 2.24) is 15.1 Å². The van der Waals surface area contributed by atoms with Crippen LogP contribution in [0.1, 0.15) is 34.1 Å². The maximum atomic E-state index is 12.1. The van der Waals surface area contributed by atoms with E-state index in [1.165, 1.54) is 19.5 Å². The van der Waals surface area contributed by atoms with Crippen molar-refractivity contribution in [2.75, 3.05) is 39.3 Å². The van der Waals surface area contributed by atoms with Gasteiger partial charge in [0.05, 0.1) is 6.04 Å². The first-order valence-electron chi connectivity index (χ1n) is 7.36. The van der Waals surface area contributed by atoms with Gasteiger partial charge in [-0.15, -0.1) is 0 Å². The van der Waals surface area contributed by atoms with Gasteiger partial charge in [0.15, 0.2) is 0 Å². The molecule has 0 spiro atoms. The lowest BCUT2D eigenvalue weighted by Gasteiger charge is -2.24. The number of carbonyl (C=O) groups is 1. The van der Waals surface area contributed by atoms with Crippen LogP contribution in [0.4, 0.5) is 0 Å². The molecule has 0 aromatic rings. The average Bonchev–Trinajstić information content (AvgIpc) is 2.85. The minimum Gasteiger partial charge on any atom is -0.342 e. The molecule has 1 fully saturated rings. The summed E-state index contributed by atoms with van der Waals surface area (Å²) in [6.07, 6.45) is 1.26. The van der Waals surface area contributed by atoms with E-state index in [4.69, 9.17) is 0 Å². The molecule has 2 atom stereocenters. The van der Waals surface area contributed by atoms with E-state index in [0.29, 0.717) is 5.92 Å². The van der Waals surface area contributed by atoms with E-state index in [0.717, 1.165) is 26.2 Å². The molecule has 1 heterocycles. The van der Waals surface area contributed by atoms with Crippen molar-refractivity contribution in [2.45, 2.75) is 40.2 Å². The lowest BCUT2D eigenvalue weighted by molar-refractivity contribution is -0.132. The smallest absolute Gasteiger partial charge is 0.239 e. The van der Waals surface area contributed by atoms with Gasteiger partial charge < -0.3 is 15.1 Å². The summed E-state index contributed by atoms with van der Waals surface area (Å²) in [5.74, 6) is 0.933. The highest BCUT2D eigenvalue weighted by Gasteiger charge is 2.23. The van der Waals surface area contributed by atoms with Crippen LogP contribution in [0.2, 0.25) is 0 Å². The molecular formula is C14H29N3O. The van der Waals surface area contributed by atoms with Crippen molar-refractivity contribution in [3.63, 3.8) is 0 Å². The summed E-state index contributed by atoms with van der Waals surface area (Å²) in [6.45, 7) is 14.3. The van der Waals surface area contributed by atoms with E-state index in [-0.39, 0.29) is 11.9 Å². The quantitative estimate of drug-likeness (QED) is 0.742. The Hall–Kier alpha value is -0.610. The predicted molar refractivity (Wildman–Crippen MR) is 75.6 cm³/mol. The molecule has 1 amide bonds. The van der Waals surface area contributed by atoms with Crippen LogP contribution in [0.15, 0.2) is 0 Å². The molecule has 2 unspecified atom stereocenters. The third kappa shape index (κ3) is 4.25. The van der Waals surface area contributed by atoms with E-state index in [2.05, 4.69) is 17.1 Å². The molecule has 0 saturated carbocycles. The van der Waals surface area contributed by atoms with Gasteiger partial charge in [-0.1, -0.05) is 6.92 Å². The van der Waals surface area contributed by atoms with Crippen LogP contribution >= 0.6 is 0 Å². The fourth-order valence-electron chi connectivity index (χ4n) is 2.61. The summed E-state index contributed by atoms with van der Waals surface area (Å²) >= 11 is 0. The number of hydrogen-bond acceptors (Lipinski definition) is 3. The second-order valence-corrected chi connectivity index (χ2v) is 5.19. The predicted octanol–water partition coefficient (Wildman–Crippen LogP) is 1.17. The van der Waals surface area contributed by atoms with Crippen molar-refractivity contribution < 1.29 is 4.79 Å². The zero-order valence-corrected chi connectivity index (χ0v) is 12.4. The van der Waals surface area contributed by atoms with E-state index >= 15 is 0 Å². The Balaban J connectivity index is 2.28. The molecule has 1 saturated heterocycles. The Morgan fingerprint density at radius 1 is 1.39 bits per heavy atom. The molecule has 0 radical (unpaired) electrons. The Kier molecular flexibility index (Phi) is 6.65. The highest BCUT2D eigenvalue weighted by molar-refractivity contribution is 5.81. The first-order valence-corrected chi connectivity index (χ1v) is 7.36. The number of carbonyl (C=O) groups excluding carboxylic acids is 1. The standard InChI is InChI=1S/C14H29N3O/c1-5-16-9-8-13(11-16)10-15-12(4)14(18)17(6-2)7-3/h12-13,15H,5-11H2,1-4H3. The third-order valence-corrected chi connectivity index (χ3v) is 3.98. The van der Waals surface area contributed by atoms with Crippen LogP contribution in [-0.4, -0.2) is 61.0 Å². The second-order valence-electron chi connectivity index (χ2n) is 5.19. The molecule has 18 heavy (non-hydrogen) atoms. The first kappa shape index (κ1) is 15.4. The second kappa shape index (κ2) is 7.74. The lowest BCUT2D eigenvalue weighted by atomic mass is 10.1. The molecule has 106 valence electrons. The van der Waals surface area contributed by atoms with Crippen LogP contribution in [0.3, 0.4) is 0 Å². The zero-order chi connectivity index (χ0) is 13.5. The van der Waals surface area contributed by atoms with Crippen molar-refractivity contribution in [3.05, 3.63) is 0 Å². The molecule has 0 aliphatic carbocycles. The van der Waals surface area contributed by atoms with Crippen LogP contribution in [0.25, 0.3) is 0 Å². The maximum absolute atomic E-state index is 12.1. The molecule has 0 bridgehead atoms. The molecule has 1 aliphatic heterocycles. The lowest BCUT2D eigenvalue weighted by Crippen LogP contribution is -2.46. The molecule has 4 heteroatoms. The summed E-state index contributed by atoms with van der Waals surface area (Å²) in [5, 5.41) is 3.40. The highest BCUT2D eigenvalue weighted by Crippen LogP contribution is 2.14. The normalized spacial score (nSPS) is 22.1. The number of hydrogen-bond donors (Lipinski definition) is 1. The zero-order valence-electron chi connectivity index (χ0n) is 12.4. The van der Waals surface area contributed by atoms with Crippen LogP contribution in [0.5, 0.6) is 0 Å². The van der Waals surface area contributed by atoms with Gasteiger partial charge in [0.25, 0.3) is 0 Å². The largest absolute Gasteiger partial charge is 0.342 e. The first-order chi connectivity index (χ1) is 8.62. The molecular weight excluding hydrogens is 226 g/mol. The molecule has 1 aliphatic rings. The summed E-state index contributed by atoms with van der Waals surface area (Å²) in [7, 11) is 0. The van der Waals surface area contributed by atoms with Gasteiger partial charge >= 0.3 is 0 Å². The SMILES string of the molecule is CCN1CCC(CNC(C)C(=O)N(CC)CC)C1. The van der Waals surface area contributed by atoms with Crippen LogP contribution in [-0.2, 0) is 4.79 Å². The summed E-state index contributed by atoms with van der Waals surface area (Å²) in [6, 6.07) is -0.0550. The van der Waals surface area contributed by atoms with Crippen molar-refractivity contribution in [1.29, 1.82) is 0 Å². The van der Waals surface area contributed by atoms with Crippen LogP contribution in [0, 0.1) is 5.92 Å². The fraction of sp³-hybridized carbons (Fsp3) is 0.929. The molecule has 4 nitrogen and oxygen atoms in total. The summed E-state index contributed by atoms with van der Waals surface area (Å²) in [4.78, 5) is 16.5. The van der Waals surface area contributed by atoms with Gasteiger partial charge in [-0.25, -0.2) is 0 Å². The van der Waals surface area contributed by atoms with Crippen molar-refractivity contribution in [2.24, 2.45) is 5.92 Å². The molecule has 0 aromatic carbocycles. The molecule has 1 rings (SSSR count). The Bertz CT molecular complexity index is 253. The number of likely N-dealkylation sites (N-methyl/N-ethyl adjacent to an activating group) is 1. The van der Waals surface area contributed by atoms with Gasteiger partial charge in [0, 0.05) is 19.6 Å². The summed E-state index contributed by atoms with van der Waals surface area (Å²) < 4.78 is 0. The van der Waals surface area contributed by atoms with Crippen LogP contribution < -0.4 is 5.32 Å². The monoisotopic (exact) mass is 255 g/mol. The number of amides is 1. The van der Waals surface area contributed by atoms with E-state index in [9.17, 15) is 4.79 Å². The Labute approximate surface area is 112 Å². The van der Waals surface area contributed by atoms with Gasteiger partial charge in [0.1, 0.15) is 0 Å². The molecule has 0 aromatic heterocycles. The topological polar surface area (TPSA) is 35.6 Å². The van der Waals surface area contributed by atoms with Gasteiger partial charge in [-0.3, -0.25) is 4.79 Å². The fourth-order valence-corrected chi connectivity index (χ4v) is 2.61. The number of nitrogens with one attached hydrogen (secondary N) is 1. The number of likely N-dealkylation sites (tertiary alicyclic amines) is 1. The van der Waals surface area contributed by atoms with Gasteiger partial charge in [-0.2, -0.15) is 0 Å². The Morgan fingerprint density at radius 3 is 2.56 bits per heavy atom. The summed E-state index contributed by atoms with van der Waals surface area (Å²) in [5.41, 5.74) is 0. The number of nitrogens with zero attached hydrogens (tertiary/aromatic N) is 2. The Morgan fingerprint density at radius 2 is 2.06 bits per heavy atom. The van der Waals surface area contributed by atoms with E-state index in [1.54, 1.807) is 0 Å². The highest BCUT2D eigenvalue weighted by atomic mass is 16.2. The molecule has 1 N–H and O–H groups in total. The van der Waals surface area contributed by atoms with Crippen molar-refractivity contribution >= 4 is 5.91 Å². The van der Waals surface area contributed by atoms with Crippen molar-refractivity contribution in [3.8, 4) is 0 Å². The van der Waals surface area contributed by atoms with Gasteiger partial charge in [-0.05, 0) is 52.7 Å². The van der Waals surface area contributed by atoms with E-state index in [1.807, 2.05) is 25.7 Å². The van der Waals surface area contributed by atoms with E-state index < -0.39 is 0 Å². The van der Waals surface area contributed by atoms with Gasteiger partial charge in [0.2, 0.25) is 5.91 Å².